The summed E-state index contributed by atoms with van der Waals surface area (Å²) in [6.45, 7) is 5.19. The Morgan fingerprint density at radius 3 is 2.54 bits per heavy atom. The van der Waals surface area contributed by atoms with E-state index in [1.807, 2.05) is 31.3 Å². The maximum absolute atomic E-state index is 6.26. The number of nitrogens with zero attached hydrogens (tertiary/aromatic N) is 3. The number of fused-ring (bicyclic) bond motifs is 1. The summed E-state index contributed by atoms with van der Waals surface area (Å²) in [5.74, 6) is 0.907. The minimum absolute atomic E-state index is 0.738. The molecule has 0 radical (unpaired) electrons. The summed E-state index contributed by atoms with van der Waals surface area (Å²) >= 11 is 6.26. The maximum atomic E-state index is 6.26. The van der Waals surface area contributed by atoms with Crippen LogP contribution >= 0.6 is 11.6 Å². The molecule has 1 fully saturated rings. The van der Waals surface area contributed by atoms with Crippen molar-refractivity contribution in [2.24, 2.45) is 0 Å². The molecule has 0 atom stereocenters. The number of hydrogen-bond acceptors (Lipinski definition) is 4. The fourth-order valence-corrected chi connectivity index (χ4v) is 3.08. The molecule has 1 aliphatic rings. The highest BCUT2D eigenvalue weighted by atomic mass is 35.5. The molecule has 5 heteroatoms. The average molecular weight is 340 g/mol. The van der Waals surface area contributed by atoms with Gasteiger partial charge in [-0.25, -0.2) is 4.98 Å². The Morgan fingerprint density at radius 2 is 1.75 bits per heavy atom. The summed E-state index contributed by atoms with van der Waals surface area (Å²) in [4.78, 5) is 11.6. The molecule has 1 aromatic heterocycles. The summed E-state index contributed by atoms with van der Waals surface area (Å²) in [6.07, 6.45) is 1.84. The van der Waals surface area contributed by atoms with Gasteiger partial charge in [0, 0.05) is 18.1 Å². The lowest BCUT2D eigenvalue weighted by Gasteiger charge is -2.27. The Labute approximate surface area is 146 Å². The Hall–Kier alpha value is -2.17. The predicted molar refractivity (Wildman–Crippen MR) is 97.8 cm³/mol. The second-order valence-electron chi connectivity index (χ2n) is 6.00. The molecule has 0 spiro atoms. The summed E-state index contributed by atoms with van der Waals surface area (Å²) in [5.41, 5.74) is 5.06. The molecule has 0 bridgehead atoms. The molecule has 0 amide bonds. The van der Waals surface area contributed by atoms with E-state index in [9.17, 15) is 0 Å². The fourth-order valence-electron chi connectivity index (χ4n) is 2.90. The van der Waals surface area contributed by atoms with Crippen LogP contribution in [0.5, 0.6) is 0 Å². The minimum atomic E-state index is 0.738. The SMILES string of the molecule is Cc1ccc(-c2ccc3ncc(N4CCOCC4)nc3c2)cc1Cl. The van der Waals surface area contributed by atoms with E-state index in [2.05, 4.69) is 28.1 Å². The van der Waals surface area contributed by atoms with Crippen molar-refractivity contribution in [1.82, 2.24) is 9.97 Å². The number of aryl methyl sites for hydroxylation is 1. The molecule has 2 aromatic carbocycles. The van der Waals surface area contributed by atoms with Crippen LogP contribution in [-0.2, 0) is 4.74 Å². The number of rotatable bonds is 2. The first-order chi connectivity index (χ1) is 11.7. The number of morpholine rings is 1. The second kappa shape index (κ2) is 6.38. The highest BCUT2D eigenvalue weighted by Gasteiger charge is 2.13. The van der Waals surface area contributed by atoms with Gasteiger partial charge in [0.15, 0.2) is 0 Å². The van der Waals surface area contributed by atoms with Crippen LogP contribution in [0.2, 0.25) is 5.02 Å². The molecular weight excluding hydrogens is 322 g/mol. The van der Waals surface area contributed by atoms with Crippen molar-refractivity contribution in [2.75, 3.05) is 31.2 Å². The molecule has 4 nitrogen and oxygen atoms in total. The molecule has 0 unspecified atom stereocenters. The number of benzene rings is 2. The molecular formula is C19H18ClN3O. The van der Waals surface area contributed by atoms with Gasteiger partial charge in [-0.3, -0.25) is 4.98 Å². The second-order valence-corrected chi connectivity index (χ2v) is 6.40. The molecule has 122 valence electrons. The lowest BCUT2D eigenvalue weighted by molar-refractivity contribution is 0.122. The number of ether oxygens (including phenoxy) is 1. The molecule has 0 aliphatic carbocycles. The molecule has 4 rings (SSSR count). The van der Waals surface area contributed by atoms with E-state index in [-0.39, 0.29) is 0 Å². The van der Waals surface area contributed by atoms with Gasteiger partial charge in [0.1, 0.15) is 5.82 Å². The van der Waals surface area contributed by atoms with Crippen molar-refractivity contribution >= 4 is 28.5 Å². The van der Waals surface area contributed by atoms with Crippen LogP contribution in [-0.4, -0.2) is 36.3 Å². The van der Waals surface area contributed by atoms with Crippen molar-refractivity contribution < 1.29 is 4.74 Å². The molecule has 24 heavy (non-hydrogen) atoms. The molecule has 3 aromatic rings. The van der Waals surface area contributed by atoms with Crippen molar-refractivity contribution in [2.45, 2.75) is 6.92 Å². The zero-order valence-corrected chi connectivity index (χ0v) is 14.3. The van der Waals surface area contributed by atoms with E-state index < -0.39 is 0 Å². The van der Waals surface area contributed by atoms with E-state index >= 15 is 0 Å². The van der Waals surface area contributed by atoms with Gasteiger partial charge >= 0.3 is 0 Å². The highest BCUT2D eigenvalue weighted by molar-refractivity contribution is 6.31. The monoisotopic (exact) mass is 339 g/mol. The fraction of sp³-hybridized carbons (Fsp3) is 0.263. The van der Waals surface area contributed by atoms with E-state index in [0.717, 1.165) is 64.9 Å². The van der Waals surface area contributed by atoms with Crippen molar-refractivity contribution in [3.63, 3.8) is 0 Å². The van der Waals surface area contributed by atoms with Crippen LogP contribution in [0.15, 0.2) is 42.6 Å². The van der Waals surface area contributed by atoms with Gasteiger partial charge in [0.2, 0.25) is 0 Å². The van der Waals surface area contributed by atoms with Gasteiger partial charge in [0.25, 0.3) is 0 Å². The van der Waals surface area contributed by atoms with Crippen molar-refractivity contribution in [3.8, 4) is 11.1 Å². The highest BCUT2D eigenvalue weighted by Crippen LogP contribution is 2.27. The van der Waals surface area contributed by atoms with Crippen LogP contribution in [0, 0.1) is 6.92 Å². The molecule has 0 N–H and O–H groups in total. The van der Waals surface area contributed by atoms with Crippen LogP contribution in [0.4, 0.5) is 5.82 Å². The molecule has 1 aliphatic heterocycles. The summed E-state index contributed by atoms with van der Waals surface area (Å²) in [7, 11) is 0. The topological polar surface area (TPSA) is 38.2 Å². The van der Waals surface area contributed by atoms with E-state index in [0.29, 0.717) is 0 Å². The van der Waals surface area contributed by atoms with Crippen LogP contribution < -0.4 is 4.90 Å². The van der Waals surface area contributed by atoms with Crippen LogP contribution in [0.1, 0.15) is 5.56 Å². The molecule has 2 heterocycles. The first-order valence-electron chi connectivity index (χ1n) is 8.07. The van der Waals surface area contributed by atoms with Crippen LogP contribution in [0.3, 0.4) is 0 Å². The Balaban J connectivity index is 1.74. The van der Waals surface area contributed by atoms with Gasteiger partial charge < -0.3 is 9.64 Å². The van der Waals surface area contributed by atoms with Gasteiger partial charge in [-0.1, -0.05) is 29.8 Å². The van der Waals surface area contributed by atoms with Gasteiger partial charge in [0.05, 0.1) is 30.4 Å². The van der Waals surface area contributed by atoms with E-state index in [1.54, 1.807) is 0 Å². The third-order valence-electron chi connectivity index (χ3n) is 4.37. The lowest BCUT2D eigenvalue weighted by Crippen LogP contribution is -2.36. The van der Waals surface area contributed by atoms with E-state index in [1.165, 1.54) is 0 Å². The van der Waals surface area contributed by atoms with Gasteiger partial charge in [-0.05, 0) is 41.8 Å². The number of halogens is 1. The summed E-state index contributed by atoms with van der Waals surface area (Å²) in [5, 5.41) is 0.778. The summed E-state index contributed by atoms with van der Waals surface area (Å²) in [6, 6.07) is 12.3. The molecule has 1 saturated heterocycles. The Morgan fingerprint density at radius 1 is 1.00 bits per heavy atom. The standard InChI is InChI=1S/C19H18ClN3O/c1-13-2-3-14(10-16(13)20)15-4-5-17-18(11-15)22-19(12-21-17)23-6-8-24-9-7-23/h2-5,10-12H,6-9H2,1H3. The van der Waals surface area contributed by atoms with Crippen molar-refractivity contribution in [1.29, 1.82) is 0 Å². The number of hydrogen-bond donors (Lipinski definition) is 0. The molecule has 0 saturated carbocycles. The quantitative estimate of drug-likeness (QED) is 0.704. The average Bonchev–Trinajstić information content (AvgIpc) is 2.64. The van der Waals surface area contributed by atoms with Crippen molar-refractivity contribution in [3.05, 3.63) is 53.2 Å². The number of aromatic nitrogens is 2. The first-order valence-corrected chi connectivity index (χ1v) is 8.44. The smallest absolute Gasteiger partial charge is 0.148 e. The normalized spacial score (nSPS) is 15.0. The maximum Gasteiger partial charge on any atom is 0.148 e. The van der Waals surface area contributed by atoms with Gasteiger partial charge in [-0.15, -0.1) is 0 Å². The zero-order chi connectivity index (χ0) is 16.5. The zero-order valence-electron chi connectivity index (χ0n) is 13.5. The van der Waals surface area contributed by atoms with E-state index in [4.69, 9.17) is 21.3 Å². The Kier molecular flexibility index (Phi) is 4.08. The third-order valence-corrected chi connectivity index (χ3v) is 4.78. The Bertz CT molecular complexity index is 891. The summed E-state index contributed by atoms with van der Waals surface area (Å²) < 4.78 is 5.40. The van der Waals surface area contributed by atoms with Crippen LogP contribution in [0.25, 0.3) is 22.2 Å². The largest absolute Gasteiger partial charge is 0.378 e. The lowest BCUT2D eigenvalue weighted by atomic mass is 10.0. The minimum Gasteiger partial charge on any atom is -0.378 e. The predicted octanol–water partition coefficient (Wildman–Crippen LogP) is 4.10. The first kappa shape index (κ1) is 15.4. The number of anilines is 1. The van der Waals surface area contributed by atoms with Gasteiger partial charge in [-0.2, -0.15) is 0 Å². The third kappa shape index (κ3) is 2.95.